The molecule has 386 valence electrons. The Hall–Kier alpha value is -6.35. The summed E-state index contributed by atoms with van der Waals surface area (Å²) in [4.78, 5) is 97.4. The molecule has 1 heterocycles. The van der Waals surface area contributed by atoms with Crippen molar-refractivity contribution in [1.29, 1.82) is 0 Å². The van der Waals surface area contributed by atoms with E-state index in [4.69, 9.17) is 0 Å². The van der Waals surface area contributed by atoms with Crippen molar-refractivity contribution in [2.24, 2.45) is 17.3 Å². The zero-order chi connectivity index (χ0) is 53.0. The van der Waals surface area contributed by atoms with Crippen molar-refractivity contribution in [3.8, 4) is 0 Å². The number of nitrogens with one attached hydrogen (secondary N) is 5. The molecule has 2 aromatic carbocycles. The standard InChI is InChI=1S/C56H79N7O8/c1-34(2)44(31-36(5)54(70)71)62(13)53(69)49(55(7,8)9)61-52(68)48(57-12)56(10,11)41-24-20-25-42(32-41)59-50(66)37(6)58-51(67)47(35(3)4)60-45(64)27-18-19-28-46(65)63-33-40-23-15-14-21-38(40)29-30-39-22-16-17-26-43(39)63/h14-16,20-25,29-32,34-35,37,44,47-49,57H,17-19,26-28,33H2,1-13H3,(H,58,67)(H,59,66)(H,60,64)(H,61,68)(H,70,71)/b30-29-,36-31+/t37-,44+,47-,48?,49+/m0/s1. The number of amides is 6. The molecular weight excluding hydrogens is 899 g/mol. The lowest BCUT2D eigenvalue weighted by Crippen LogP contribution is -2.61. The molecule has 0 aromatic heterocycles. The van der Waals surface area contributed by atoms with E-state index in [9.17, 15) is 38.7 Å². The van der Waals surface area contributed by atoms with Gasteiger partial charge < -0.3 is 41.5 Å². The van der Waals surface area contributed by atoms with Gasteiger partial charge in [0.25, 0.3) is 0 Å². The minimum Gasteiger partial charge on any atom is -0.478 e. The first kappa shape index (κ1) is 57.2. The summed E-state index contributed by atoms with van der Waals surface area (Å²) in [5.74, 6) is -3.58. The van der Waals surface area contributed by atoms with E-state index in [0.717, 1.165) is 35.2 Å². The van der Waals surface area contributed by atoms with Crippen molar-refractivity contribution in [2.45, 2.75) is 157 Å². The van der Waals surface area contributed by atoms with Crippen LogP contribution in [0.1, 0.15) is 131 Å². The highest BCUT2D eigenvalue weighted by atomic mass is 16.4. The van der Waals surface area contributed by atoms with Gasteiger partial charge in [0.05, 0.1) is 18.6 Å². The molecule has 2 aliphatic rings. The van der Waals surface area contributed by atoms with Crippen LogP contribution in [0.4, 0.5) is 5.69 Å². The lowest BCUT2D eigenvalue weighted by atomic mass is 9.76. The summed E-state index contributed by atoms with van der Waals surface area (Å²) in [6, 6.07) is 10.9. The number of carbonyl (C=O) groups excluding carboxylic acids is 6. The van der Waals surface area contributed by atoms with Crippen LogP contribution in [0.2, 0.25) is 0 Å². The molecule has 6 N–H and O–H groups in total. The SMILES string of the molecule is CNC(C(=O)N[C@H](C(=O)N(C)[C@H](/C=C(\C)C(=O)O)C(C)C)C(C)(C)C)C(C)(C)c1cccc(NC(=O)[C@H](C)NC(=O)[C@@H](NC(=O)CCCCC(=O)N2Cc3ccccc3/C=C\C3=C2CCC=C3)C(C)C)c1. The molecule has 5 atom stereocenters. The number of hydrogen-bond donors (Lipinski definition) is 6. The number of fused-ring (bicyclic) bond motifs is 1. The van der Waals surface area contributed by atoms with E-state index >= 15 is 0 Å². The Morgan fingerprint density at radius 1 is 0.789 bits per heavy atom. The summed E-state index contributed by atoms with van der Waals surface area (Å²) in [5.41, 5.74) is 3.85. The fourth-order valence-corrected chi connectivity index (χ4v) is 9.02. The van der Waals surface area contributed by atoms with Crippen LogP contribution in [-0.4, -0.2) is 101 Å². The normalized spacial score (nSPS) is 16.5. The Kier molecular flexibility index (Phi) is 20.3. The highest BCUT2D eigenvalue weighted by molar-refractivity contribution is 5.98. The minimum atomic E-state index is -1.08. The maximum absolute atomic E-state index is 14.2. The Morgan fingerprint density at radius 2 is 1.46 bits per heavy atom. The molecule has 71 heavy (non-hydrogen) atoms. The first-order valence-electron chi connectivity index (χ1n) is 24.9. The highest BCUT2D eigenvalue weighted by Gasteiger charge is 2.42. The molecular formula is C56H79N7O8. The van der Waals surface area contributed by atoms with Gasteiger partial charge in [0, 0.05) is 42.3 Å². The predicted octanol–water partition coefficient (Wildman–Crippen LogP) is 7.40. The second-order valence-electron chi connectivity index (χ2n) is 21.2. The Labute approximate surface area is 421 Å². The smallest absolute Gasteiger partial charge is 0.331 e. The number of rotatable bonds is 21. The van der Waals surface area contributed by atoms with Gasteiger partial charge in [0.15, 0.2) is 0 Å². The van der Waals surface area contributed by atoms with E-state index in [1.807, 2.05) is 91.5 Å². The van der Waals surface area contributed by atoms with E-state index in [0.29, 0.717) is 30.6 Å². The van der Waals surface area contributed by atoms with Crippen LogP contribution in [-0.2, 0) is 45.5 Å². The molecule has 0 bridgehead atoms. The number of aliphatic carboxylic acids is 1. The van der Waals surface area contributed by atoms with Gasteiger partial charge in [-0.25, -0.2) is 4.79 Å². The van der Waals surface area contributed by atoms with Crippen molar-refractivity contribution in [3.05, 3.63) is 106 Å². The summed E-state index contributed by atoms with van der Waals surface area (Å²) < 4.78 is 0. The van der Waals surface area contributed by atoms with Gasteiger partial charge in [-0.05, 0) is 98.2 Å². The lowest BCUT2D eigenvalue weighted by Gasteiger charge is -2.40. The number of likely N-dealkylation sites (N-methyl/N-ethyl adjacent to an activating group) is 2. The van der Waals surface area contributed by atoms with Gasteiger partial charge >= 0.3 is 5.97 Å². The molecule has 0 fully saturated rings. The second-order valence-corrected chi connectivity index (χ2v) is 21.2. The number of nitrogens with zero attached hydrogens (tertiary/aromatic N) is 2. The molecule has 4 rings (SSSR count). The van der Waals surface area contributed by atoms with Crippen LogP contribution in [0.15, 0.2) is 89.7 Å². The molecule has 15 nitrogen and oxygen atoms in total. The number of unbranched alkanes of at least 4 members (excludes halogenated alkanes) is 1. The van der Waals surface area contributed by atoms with Crippen LogP contribution < -0.4 is 26.6 Å². The van der Waals surface area contributed by atoms with Gasteiger partial charge in [-0.15, -0.1) is 0 Å². The zero-order valence-electron chi connectivity index (χ0n) is 44.2. The molecule has 0 saturated carbocycles. The molecule has 0 spiro atoms. The fraction of sp³-hybridized carbons (Fsp3) is 0.518. The van der Waals surface area contributed by atoms with E-state index in [1.54, 1.807) is 45.3 Å². The quantitative estimate of drug-likeness (QED) is 0.0544. The molecule has 15 heteroatoms. The summed E-state index contributed by atoms with van der Waals surface area (Å²) in [6.07, 6.45) is 12.9. The van der Waals surface area contributed by atoms with Gasteiger partial charge in [0.2, 0.25) is 35.4 Å². The number of carboxylic acid groups (broad SMARTS) is 1. The number of hydrogen-bond acceptors (Lipinski definition) is 8. The molecule has 0 saturated heterocycles. The van der Waals surface area contributed by atoms with Crippen LogP contribution in [0.25, 0.3) is 6.08 Å². The van der Waals surface area contributed by atoms with E-state index in [1.165, 1.54) is 11.8 Å². The van der Waals surface area contributed by atoms with Gasteiger partial charge in [-0.2, -0.15) is 0 Å². The van der Waals surface area contributed by atoms with Gasteiger partial charge in [-0.3, -0.25) is 28.8 Å². The van der Waals surface area contributed by atoms with Gasteiger partial charge in [-0.1, -0.05) is 129 Å². The van der Waals surface area contributed by atoms with Crippen molar-refractivity contribution in [1.82, 2.24) is 31.1 Å². The van der Waals surface area contributed by atoms with Gasteiger partial charge in [0.1, 0.15) is 18.1 Å². The number of allylic oxidation sites excluding steroid dienone is 5. The number of carbonyl (C=O) groups is 7. The summed E-state index contributed by atoms with van der Waals surface area (Å²) in [6.45, 7) is 20.2. The van der Waals surface area contributed by atoms with E-state index in [-0.39, 0.29) is 48.0 Å². The zero-order valence-corrected chi connectivity index (χ0v) is 44.2. The average Bonchev–Trinajstić information content (AvgIpc) is 3.30. The predicted molar refractivity (Wildman–Crippen MR) is 279 cm³/mol. The topological polar surface area (TPSA) is 206 Å². The summed E-state index contributed by atoms with van der Waals surface area (Å²) >= 11 is 0. The Morgan fingerprint density at radius 3 is 2.10 bits per heavy atom. The number of benzene rings is 2. The molecule has 0 radical (unpaired) electrons. The molecule has 1 aliphatic carbocycles. The van der Waals surface area contributed by atoms with Crippen LogP contribution >= 0.6 is 0 Å². The number of carboxylic acids is 1. The maximum Gasteiger partial charge on any atom is 0.331 e. The highest BCUT2D eigenvalue weighted by Crippen LogP contribution is 2.32. The summed E-state index contributed by atoms with van der Waals surface area (Å²) in [7, 11) is 3.27. The summed E-state index contributed by atoms with van der Waals surface area (Å²) in [5, 5.41) is 24.1. The average molecular weight is 978 g/mol. The molecule has 1 aliphatic heterocycles. The first-order chi connectivity index (χ1) is 33.3. The van der Waals surface area contributed by atoms with Crippen molar-refractivity contribution >= 4 is 53.2 Å². The van der Waals surface area contributed by atoms with Crippen molar-refractivity contribution < 1.29 is 38.7 Å². The van der Waals surface area contributed by atoms with Crippen molar-refractivity contribution in [2.75, 3.05) is 19.4 Å². The maximum atomic E-state index is 14.2. The molecule has 6 amide bonds. The fourth-order valence-electron chi connectivity index (χ4n) is 9.02. The third-order valence-corrected chi connectivity index (χ3v) is 13.5. The largest absolute Gasteiger partial charge is 0.478 e. The molecule has 1 unspecified atom stereocenters. The second kappa shape index (κ2) is 25.2. The van der Waals surface area contributed by atoms with E-state index in [2.05, 4.69) is 57.0 Å². The Bertz CT molecular complexity index is 2410. The van der Waals surface area contributed by atoms with Crippen molar-refractivity contribution in [3.63, 3.8) is 0 Å². The monoisotopic (exact) mass is 978 g/mol. The Balaban J connectivity index is 1.35. The third kappa shape index (κ3) is 15.3. The van der Waals surface area contributed by atoms with Crippen LogP contribution in [0.3, 0.4) is 0 Å². The third-order valence-electron chi connectivity index (χ3n) is 13.5. The van der Waals surface area contributed by atoms with E-state index < -0.39 is 64.7 Å². The minimum absolute atomic E-state index is 0.00980. The first-order valence-corrected chi connectivity index (χ1v) is 24.9. The lowest BCUT2D eigenvalue weighted by molar-refractivity contribution is -0.141. The molecule has 2 aromatic rings. The number of anilines is 1. The van der Waals surface area contributed by atoms with Crippen LogP contribution in [0, 0.1) is 17.3 Å². The van der Waals surface area contributed by atoms with Crippen LogP contribution in [0.5, 0.6) is 0 Å².